The van der Waals surface area contributed by atoms with Crippen molar-refractivity contribution in [3.8, 4) is 17.2 Å². The van der Waals surface area contributed by atoms with Gasteiger partial charge in [-0.25, -0.2) is 0 Å². The Labute approximate surface area is 183 Å². The summed E-state index contributed by atoms with van der Waals surface area (Å²) in [6, 6.07) is 5.43. The fourth-order valence-corrected chi connectivity index (χ4v) is 3.33. The van der Waals surface area contributed by atoms with Gasteiger partial charge >= 0.3 is 41.3 Å². The molecule has 0 saturated carbocycles. The Kier molecular flexibility index (Phi) is 6.20. The number of imidazole rings is 1. The van der Waals surface area contributed by atoms with Crippen molar-refractivity contribution in [2.45, 2.75) is 17.5 Å². The van der Waals surface area contributed by atoms with Gasteiger partial charge in [-0.15, -0.1) is 0 Å². The number of H-pyrrole nitrogens is 1. The number of aromatic nitrogens is 3. The Morgan fingerprint density at radius 1 is 1.33 bits per heavy atom. The molecule has 0 radical (unpaired) electrons. The Bertz CT molecular complexity index is 1010. The zero-order valence-electron chi connectivity index (χ0n) is 16.4. The molecule has 27 heavy (non-hydrogen) atoms. The number of methoxy groups -OCH3 is 2. The Hall–Kier alpha value is -1.59. The molecule has 1 atom stereocenters. The fourth-order valence-electron chi connectivity index (χ4n) is 2.31. The van der Waals surface area contributed by atoms with Crippen LogP contribution < -0.4 is 14.2 Å². The van der Waals surface area contributed by atoms with Gasteiger partial charge in [0.2, 0.25) is 0 Å². The Morgan fingerprint density at radius 2 is 2.15 bits per heavy atom. The molecule has 0 aliphatic carbocycles. The number of fused-ring (bicyclic) bond motifs is 1. The molecule has 0 unspecified atom stereocenters. The average Bonchev–Trinajstić information content (AvgIpc) is 3.03. The van der Waals surface area contributed by atoms with Crippen molar-refractivity contribution in [1.29, 1.82) is 0 Å². The fraction of sp³-hybridized carbons (Fsp3) is 0.250. The molecule has 1 N–H and O–H groups in total. The molecule has 0 fully saturated rings. The van der Waals surface area contributed by atoms with Gasteiger partial charge in [0, 0.05) is 29.5 Å². The summed E-state index contributed by atoms with van der Waals surface area (Å²) in [7, 11) is -1.39. The normalized spacial score (nSPS) is 14.0. The number of rotatable bonds is 7. The van der Waals surface area contributed by atoms with E-state index in [0.717, 1.165) is 0 Å². The van der Waals surface area contributed by atoms with Crippen LogP contribution in [-0.4, -0.2) is 69.8 Å². The third-order valence-corrected chi connectivity index (χ3v) is 4.56. The number of hydrogen-bond acceptors (Lipinski definition) is 6. The van der Waals surface area contributed by atoms with Crippen molar-refractivity contribution in [2.75, 3.05) is 14.1 Å². The van der Waals surface area contributed by atoms with E-state index in [2.05, 4.69) is 19.7 Å². The first-order chi connectivity index (χ1) is 13.7. The monoisotopic (exact) mass is 410 g/mol. The van der Waals surface area contributed by atoms with Crippen LogP contribution in [0.1, 0.15) is 9.81 Å². The number of halogens is 2. The number of ether oxygens (including phenoxy) is 3. The number of nitrogens with zero attached hydrogens (tertiary/aromatic N) is 2. The number of hydrogen-bond donors (Lipinski definition) is 1. The van der Waals surface area contributed by atoms with Gasteiger partial charge in [-0.05, 0) is 12.1 Å². The van der Waals surface area contributed by atoms with Gasteiger partial charge in [-0.3, -0.25) is 9.97 Å². The molecule has 1 aromatic carbocycles. The first kappa shape index (κ1) is 17.5. The summed E-state index contributed by atoms with van der Waals surface area (Å²) in [5.41, 5.74) is 0.982. The predicted molar refractivity (Wildman–Crippen MR) is 97.3 cm³/mol. The molecule has 7 nitrogen and oxygen atoms in total. The maximum absolute atomic E-state index is 12.7. The van der Waals surface area contributed by atoms with Crippen LogP contribution in [0.15, 0.2) is 35.6 Å². The topological polar surface area (TPSA) is 92.3 Å². The molecule has 0 spiro atoms. The van der Waals surface area contributed by atoms with Gasteiger partial charge in [-0.1, -0.05) is 0 Å². The zero-order valence-corrected chi connectivity index (χ0v) is 14.2. The van der Waals surface area contributed by atoms with Crippen molar-refractivity contribution < 1.29 is 31.7 Å². The SMILES string of the molecule is [2H]C([2H])([2H])Oc1ccnc(C[S@+]([O-])c2nc3cc(OC(F)F)ccc3[nH]2)c1OC.[NaH]. The van der Waals surface area contributed by atoms with Gasteiger partial charge in [0.15, 0.2) is 17.3 Å². The molecule has 0 amide bonds. The van der Waals surface area contributed by atoms with E-state index < -0.39 is 24.8 Å². The standard InChI is InChI=1S/C16H15F2N3O4S.Na.H/c1-23-13-5-6-19-12(14(13)24-2)8-26(22)16-20-10-4-3-9(25-15(17)18)7-11(10)21-16;;/h3-7,15H,8H2,1-2H3,(H,20,21);;/t26-;;/m0../s1/i1D3;;. The number of alkyl halides is 2. The van der Waals surface area contributed by atoms with Gasteiger partial charge in [0.25, 0.3) is 0 Å². The molecular formula is C16H16F2N3NaO4S. The van der Waals surface area contributed by atoms with E-state index in [4.69, 9.17) is 13.6 Å². The molecule has 11 heteroatoms. The minimum atomic E-state index is -2.97. The van der Waals surface area contributed by atoms with Crippen LogP contribution in [0.3, 0.4) is 0 Å². The number of pyridine rings is 1. The molecule has 0 aliphatic rings. The molecule has 2 heterocycles. The Balaban J connectivity index is 0.00000320. The number of aromatic amines is 1. The first-order valence-corrected chi connectivity index (χ1v) is 8.52. The van der Waals surface area contributed by atoms with Crippen LogP contribution in [0, 0.1) is 0 Å². The molecule has 3 rings (SSSR count). The van der Waals surface area contributed by atoms with E-state index in [1.165, 1.54) is 37.6 Å². The van der Waals surface area contributed by atoms with E-state index in [-0.39, 0.29) is 63.4 Å². The second kappa shape index (κ2) is 9.56. The minimum absolute atomic E-state index is 0. The summed E-state index contributed by atoms with van der Waals surface area (Å²) in [4.78, 5) is 11.1. The first-order valence-electron chi connectivity index (χ1n) is 8.70. The number of nitrogens with one attached hydrogen (secondary N) is 1. The van der Waals surface area contributed by atoms with E-state index in [0.29, 0.717) is 11.0 Å². The van der Waals surface area contributed by atoms with Gasteiger partial charge in [0.1, 0.15) is 11.4 Å². The van der Waals surface area contributed by atoms with Crippen LogP contribution in [0.2, 0.25) is 0 Å². The van der Waals surface area contributed by atoms with Gasteiger partial charge in [-0.2, -0.15) is 13.8 Å². The van der Waals surface area contributed by atoms with E-state index in [1.807, 2.05) is 0 Å². The third kappa shape index (κ3) is 5.02. The Morgan fingerprint density at radius 3 is 2.85 bits per heavy atom. The molecule has 2 aromatic heterocycles. The zero-order chi connectivity index (χ0) is 21.2. The molecule has 0 bridgehead atoms. The summed E-state index contributed by atoms with van der Waals surface area (Å²) in [5.74, 6) is -0.246. The number of benzene rings is 1. The van der Waals surface area contributed by atoms with E-state index in [9.17, 15) is 13.3 Å². The van der Waals surface area contributed by atoms with E-state index >= 15 is 0 Å². The van der Waals surface area contributed by atoms with E-state index in [1.54, 1.807) is 0 Å². The summed E-state index contributed by atoms with van der Waals surface area (Å²) >= 11 is -1.72. The summed E-state index contributed by atoms with van der Waals surface area (Å²) in [6.45, 7) is -2.97. The van der Waals surface area contributed by atoms with Crippen molar-refractivity contribution in [3.05, 3.63) is 36.2 Å². The molecule has 3 aromatic rings. The molecular weight excluding hydrogens is 391 g/mol. The van der Waals surface area contributed by atoms with Crippen LogP contribution in [0.5, 0.6) is 17.2 Å². The van der Waals surface area contributed by atoms with Gasteiger partial charge < -0.3 is 18.8 Å². The van der Waals surface area contributed by atoms with Crippen molar-refractivity contribution in [3.63, 3.8) is 0 Å². The second-order valence-electron chi connectivity index (χ2n) is 4.98. The average molecular weight is 410 g/mol. The third-order valence-electron chi connectivity index (χ3n) is 3.40. The van der Waals surface area contributed by atoms with Crippen LogP contribution in [0.25, 0.3) is 11.0 Å². The van der Waals surface area contributed by atoms with Crippen LogP contribution in [-0.2, 0) is 16.9 Å². The summed E-state index contributed by atoms with van der Waals surface area (Å²) in [5, 5.41) is 0.0835. The van der Waals surface area contributed by atoms with Crippen LogP contribution in [0.4, 0.5) is 8.78 Å². The quantitative estimate of drug-likeness (QED) is 0.474. The second-order valence-corrected chi connectivity index (χ2v) is 6.35. The van der Waals surface area contributed by atoms with Crippen molar-refractivity contribution in [1.82, 2.24) is 15.0 Å². The predicted octanol–water partition coefficient (Wildman–Crippen LogP) is 2.24. The van der Waals surface area contributed by atoms with Gasteiger partial charge in [0.05, 0.1) is 29.3 Å². The maximum atomic E-state index is 12.7. The molecule has 0 saturated heterocycles. The summed E-state index contributed by atoms with van der Waals surface area (Å²) < 4.78 is 73.4. The van der Waals surface area contributed by atoms with Crippen molar-refractivity contribution in [2.24, 2.45) is 0 Å². The van der Waals surface area contributed by atoms with Crippen molar-refractivity contribution >= 4 is 51.8 Å². The van der Waals surface area contributed by atoms with Crippen LogP contribution >= 0.6 is 0 Å². The summed E-state index contributed by atoms with van der Waals surface area (Å²) in [6.07, 6.45) is 1.31. The molecule has 140 valence electrons. The molecule has 0 aliphatic heterocycles.